The summed E-state index contributed by atoms with van der Waals surface area (Å²) in [4.78, 5) is 47.6. The number of anilines is 1. The Hall–Kier alpha value is -2.94. The van der Waals surface area contributed by atoms with Gasteiger partial charge >= 0.3 is 5.97 Å². The summed E-state index contributed by atoms with van der Waals surface area (Å²) in [5.74, 6) is -2.01. The number of carboxylic acids is 1. The summed E-state index contributed by atoms with van der Waals surface area (Å²) < 4.78 is 0. The average Bonchev–Trinajstić information content (AvgIpc) is 2.84. The van der Waals surface area contributed by atoms with Crippen LogP contribution in [0.25, 0.3) is 0 Å². The Morgan fingerprint density at radius 2 is 1.97 bits per heavy atom. The van der Waals surface area contributed by atoms with Crippen molar-refractivity contribution in [3.8, 4) is 0 Å². The average molecular weight is 404 g/mol. The van der Waals surface area contributed by atoms with E-state index < -0.39 is 24.1 Å². The number of fused-ring (bicyclic) bond motifs is 1. The minimum Gasteiger partial charge on any atom is -0.480 e. The molecule has 0 fully saturated rings. The molecule has 9 nitrogen and oxygen atoms in total. The molecule has 1 aromatic carbocycles. The predicted molar refractivity (Wildman–Crippen MR) is 107 cm³/mol. The predicted octanol–water partition coefficient (Wildman–Crippen LogP) is 0.186. The van der Waals surface area contributed by atoms with E-state index in [0.717, 1.165) is 11.1 Å². The molecule has 1 aliphatic rings. The zero-order chi connectivity index (χ0) is 21.6. The number of para-hydroxylation sites is 1. The van der Waals surface area contributed by atoms with Crippen LogP contribution in [0.2, 0.25) is 0 Å². The van der Waals surface area contributed by atoms with Crippen LogP contribution in [0.4, 0.5) is 5.69 Å². The van der Waals surface area contributed by atoms with Crippen molar-refractivity contribution < 1.29 is 24.3 Å². The first-order valence-corrected chi connectivity index (χ1v) is 9.64. The molecule has 9 heteroatoms. The number of likely N-dealkylation sites (N-methyl/N-ethyl adjacent to an activating group) is 1. The molecule has 1 aliphatic heterocycles. The van der Waals surface area contributed by atoms with E-state index in [1.165, 1.54) is 6.92 Å². The van der Waals surface area contributed by atoms with Crippen LogP contribution in [0.15, 0.2) is 18.2 Å². The molecule has 0 unspecified atom stereocenters. The molecule has 0 spiro atoms. The van der Waals surface area contributed by atoms with E-state index in [1.54, 1.807) is 14.0 Å². The second-order valence-electron chi connectivity index (χ2n) is 7.18. The molecule has 0 bridgehead atoms. The number of carbonyl (C=O) groups is 4. The third kappa shape index (κ3) is 6.02. The number of hydrogen-bond donors (Lipinski definition) is 5. The maximum absolute atomic E-state index is 12.6. The summed E-state index contributed by atoms with van der Waals surface area (Å²) in [7, 11) is 1.67. The number of benzene rings is 1. The van der Waals surface area contributed by atoms with Crippen LogP contribution in [0.1, 0.15) is 37.8 Å². The van der Waals surface area contributed by atoms with Gasteiger partial charge in [0, 0.05) is 12.1 Å². The van der Waals surface area contributed by atoms with Gasteiger partial charge in [0.1, 0.15) is 12.1 Å². The lowest BCUT2D eigenvalue weighted by Crippen LogP contribution is -2.49. The van der Waals surface area contributed by atoms with Crippen LogP contribution < -0.4 is 21.3 Å². The van der Waals surface area contributed by atoms with Gasteiger partial charge in [0.2, 0.25) is 17.7 Å². The summed E-state index contributed by atoms with van der Waals surface area (Å²) in [6.45, 7) is 3.12. The van der Waals surface area contributed by atoms with Crippen molar-refractivity contribution in [3.63, 3.8) is 0 Å². The number of carboxylic acid groups (broad SMARTS) is 1. The Morgan fingerprint density at radius 3 is 2.62 bits per heavy atom. The van der Waals surface area contributed by atoms with Gasteiger partial charge in [0.15, 0.2) is 0 Å². The highest BCUT2D eigenvalue weighted by molar-refractivity contribution is 5.99. The molecule has 2 rings (SSSR count). The number of amides is 3. The monoisotopic (exact) mass is 404 g/mol. The first kappa shape index (κ1) is 22.4. The second kappa shape index (κ2) is 10.0. The fourth-order valence-electron chi connectivity index (χ4n) is 3.06. The van der Waals surface area contributed by atoms with Crippen LogP contribution in [-0.2, 0) is 32.0 Å². The quantitative estimate of drug-likeness (QED) is 0.419. The SMILES string of the molecule is CN[C@@H](C)C(=O)N[C@H]1CCc2cccc(CCC(=O)N[C@@H](C)C(=O)O)c2NC1=O. The maximum atomic E-state index is 12.6. The van der Waals surface area contributed by atoms with E-state index in [1.807, 2.05) is 18.2 Å². The van der Waals surface area contributed by atoms with Gasteiger partial charge in [-0.3, -0.25) is 19.2 Å². The first-order chi connectivity index (χ1) is 13.7. The molecule has 3 amide bonds. The maximum Gasteiger partial charge on any atom is 0.325 e. The third-order valence-corrected chi connectivity index (χ3v) is 5.02. The van der Waals surface area contributed by atoms with Gasteiger partial charge in [0.25, 0.3) is 0 Å². The molecule has 0 saturated heterocycles. The fraction of sp³-hybridized carbons (Fsp3) is 0.500. The molecule has 0 radical (unpaired) electrons. The molecule has 5 N–H and O–H groups in total. The van der Waals surface area contributed by atoms with Crippen LogP contribution in [-0.4, -0.2) is 54.0 Å². The number of rotatable bonds is 8. The van der Waals surface area contributed by atoms with Gasteiger partial charge in [-0.25, -0.2) is 0 Å². The molecular formula is C20H28N4O5. The number of hydrogen-bond acceptors (Lipinski definition) is 5. The topological polar surface area (TPSA) is 137 Å². The van der Waals surface area contributed by atoms with Gasteiger partial charge in [-0.1, -0.05) is 18.2 Å². The first-order valence-electron chi connectivity index (χ1n) is 9.64. The summed E-state index contributed by atoms with van der Waals surface area (Å²) in [6.07, 6.45) is 1.53. The van der Waals surface area contributed by atoms with E-state index in [0.29, 0.717) is 24.9 Å². The lowest BCUT2D eigenvalue weighted by atomic mass is 10.00. The van der Waals surface area contributed by atoms with Gasteiger partial charge in [0.05, 0.1) is 6.04 Å². The summed E-state index contributed by atoms with van der Waals surface area (Å²) >= 11 is 0. The molecule has 0 aromatic heterocycles. The number of carbonyl (C=O) groups excluding carboxylic acids is 3. The Labute approximate surface area is 169 Å². The van der Waals surface area contributed by atoms with Crippen molar-refractivity contribution in [2.24, 2.45) is 0 Å². The number of aliphatic carboxylic acids is 1. The second-order valence-corrected chi connectivity index (χ2v) is 7.18. The zero-order valence-electron chi connectivity index (χ0n) is 16.9. The van der Waals surface area contributed by atoms with Crippen molar-refractivity contribution in [1.82, 2.24) is 16.0 Å². The Kier molecular flexibility index (Phi) is 7.72. The van der Waals surface area contributed by atoms with E-state index in [4.69, 9.17) is 5.11 Å². The van der Waals surface area contributed by atoms with Crippen molar-refractivity contribution in [2.75, 3.05) is 12.4 Å². The van der Waals surface area contributed by atoms with Gasteiger partial charge in [-0.15, -0.1) is 0 Å². The highest BCUT2D eigenvalue weighted by Crippen LogP contribution is 2.27. The van der Waals surface area contributed by atoms with Crippen LogP contribution in [0.5, 0.6) is 0 Å². The molecule has 29 heavy (non-hydrogen) atoms. The fourth-order valence-corrected chi connectivity index (χ4v) is 3.06. The van der Waals surface area contributed by atoms with E-state index in [-0.39, 0.29) is 24.1 Å². The Bertz CT molecular complexity index is 795. The van der Waals surface area contributed by atoms with Crippen molar-refractivity contribution >= 4 is 29.4 Å². The molecule has 158 valence electrons. The Morgan fingerprint density at radius 1 is 1.24 bits per heavy atom. The van der Waals surface area contributed by atoms with E-state index in [2.05, 4.69) is 21.3 Å². The minimum atomic E-state index is -1.10. The molecule has 0 aliphatic carbocycles. The molecule has 1 aromatic rings. The van der Waals surface area contributed by atoms with Crippen molar-refractivity contribution in [1.29, 1.82) is 0 Å². The minimum absolute atomic E-state index is 0.101. The van der Waals surface area contributed by atoms with Crippen LogP contribution in [0.3, 0.4) is 0 Å². The lowest BCUT2D eigenvalue weighted by Gasteiger charge is -2.18. The van der Waals surface area contributed by atoms with Gasteiger partial charge < -0.3 is 26.4 Å². The smallest absolute Gasteiger partial charge is 0.325 e. The van der Waals surface area contributed by atoms with Crippen molar-refractivity contribution in [3.05, 3.63) is 29.3 Å². The van der Waals surface area contributed by atoms with E-state index >= 15 is 0 Å². The van der Waals surface area contributed by atoms with Gasteiger partial charge in [-0.2, -0.15) is 0 Å². The highest BCUT2D eigenvalue weighted by atomic mass is 16.4. The molecular weight excluding hydrogens is 376 g/mol. The third-order valence-electron chi connectivity index (χ3n) is 5.02. The molecule has 1 heterocycles. The Balaban J connectivity index is 2.06. The van der Waals surface area contributed by atoms with Crippen molar-refractivity contribution in [2.45, 2.75) is 57.7 Å². The van der Waals surface area contributed by atoms with E-state index in [9.17, 15) is 19.2 Å². The summed E-state index contributed by atoms with van der Waals surface area (Å²) in [5, 5.41) is 19.8. The zero-order valence-corrected chi connectivity index (χ0v) is 16.9. The molecule has 0 saturated carbocycles. The van der Waals surface area contributed by atoms with Gasteiger partial charge in [-0.05, 0) is 51.3 Å². The lowest BCUT2D eigenvalue weighted by molar-refractivity contribution is -0.141. The summed E-state index contributed by atoms with van der Waals surface area (Å²) in [5.41, 5.74) is 2.40. The molecule has 3 atom stereocenters. The normalized spacial score (nSPS) is 17.9. The summed E-state index contributed by atoms with van der Waals surface area (Å²) in [6, 6.07) is 3.59. The number of nitrogens with one attached hydrogen (secondary N) is 4. The standard InChI is InChI=1S/C20H28N4O5/c1-11(21-3)18(26)23-15-9-7-13-5-4-6-14(17(13)24-19(15)27)8-10-16(25)22-12(2)20(28)29/h4-6,11-12,15,21H,7-10H2,1-3H3,(H,22,25)(H,23,26)(H,24,27)(H,28,29)/t11-,12-,15-/m0/s1. The van der Waals surface area contributed by atoms with Crippen LogP contribution in [0, 0.1) is 0 Å². The largest absolute Gasteiger partial charge is 0.480 e. The number of aryl methyl sites for hydroxylation is 2. The van der Waals surface area contributed by atoms with Crippen LogP contribution >= 0.6 is 0 Å². The highest BCUT2D eigenvalue weighted by Gasteiger charge is 2.27.